The maximum absolute atomic E-state index is 13.8. The fourth-order valence-electron chi connectivity index (χ4n) is 4.25. The van der Waals surface area contributed by atoms with Crippen LogP contribution in [0.1, 0.15) is 62.0 Å². The molecule has 2 aromatic carbocycles. The minimum Gasteiger partial charge on any atom is -0.492 e. The highest BCUT2D eigenvalue weighted by molar-refractivity contribution is 7.91. The third kappa shape index (κ3) is 4.40. The van der Waals surface area contributed by atoms with Crippen LogP contribution in [-0.4, -0.2) is 29.7 Å². The molecule has 0 bridgehead atoms. The fourth-order valence-corrected chi connectivity index (χ4v) is 5.59. The van der Waals surface area contributed by atoms with Gasteiger partial charge in [0.1, 0.15) is 12.4 Å². The van der Waals surface area contributed by atoms with Crippen molar-refractivity contribution in [2.24, 2.45) is 0 Å². The molecule has 1 saturated carbocycles. The van der Waals surface area contributed by atoms with E-state index in [0.717, 1.165) is 29.5 Å². The third-order valence-electron chi connectivity index (χ3n) is 6.23. The zero-order valence-corrected chi connectivity index (χ0v) is 20.6. The number of aromatic hydroxyl groups is 1. The third-order valence-corrected chi connectivity index (χ3v) is 8.01. The molecule has 0 amide bonds. The van der Waals surface area contributed by atoms with Gasteiger partial charge in [0.25, 0.3) is 5.56 Å². The largest absolute Gasteiger partial charge is 0.492 e. The van der Waals surface area contributed by atoms with Gasteiger partial charge in [-0.1, -0.05) is 44.2 Å². The summed E-state index contributed by atoms with van der Waals surface area (Å²) >= 11 is 0. The quantitative estimate of drug-likeness (QED) is 0.488. The summed E-state index contributed by atoms with van der Waals surface area (Å²) in [6.45, 7) is 6.08. The molecule has 1 heterocycles. The minimum atomic E-state index is -4.32. The van der Waals surface area contributed by atoms with Gasteiger partial charge in [-0.3, -0.25) is 9.36 Å². The van der Waals surface area contributed by atoms with E-state index in [1.807, 2.05) is 39.0 Å². The summed E-state index contributed by atoms with van der Waals surface area (Å²) in [4.78, 5) is 17.2. The molecule has 0 spiro atoms. The number of aryl methyl sites for hydroxylation is 2. The molecule has 0 atom stereocenters. The number of hydrogen-bond donors (Lipinski definition) is 1. The smallest absolute Gasteiger partial charge is 0.281 e. The van der Waals surface area contributed by atoms with Crippen molar-refractivity contribution in [2.45, 2.75) is 68.8 Å². The number of ether oxygens (including phenoxy) is 1. The molecule has 0 aliphatic heterocycles. The van der Waals surface area contributed by atoms with Crippen molar-refractivity contribution in [3.8, 4) is 11.6 Å². The SMILES string of the molecule is CCOCc1nc(O)c(S(=O)(=O)c2ccc(C3CC3)cc2)c(=O)n1-c1c(CC)cccc1CC. The van der Waals surface area contributed by atoms with E-state index in [1.165, 1.54) is 16.7 Å². The van der Waals surface area contributed by atoms with E-state index in [4.69, 9.17) is 4.74 Å². The summed E-state index contributed by atoms with van der Waals surface area (Å²) in [5, 5.41) is 10.7. The fraction of sp³-hybridized carbons (Fsp3) is 0.385. The molecule has 4 rings (SSSR count). The Kier molecular flexibility index (Phi) is 6.91. The first-order chi connectivity index (χ1) is 16.3. The van der Waals surface area contributed by atoms with Crippen molar-refractivity contribution in [3.05, 3.63) is 75.3 Å². The zero-order chi connectivity index (χ0) is 24.5. The van der Waals surface area contributed by atoms with Crippen LogP contribution >= 0.6 is 0 Å². The minimum absolute atomic E-state index is 0.0447. The van der Waals surface area contributed by atoms with Crippen LogP contribution in [0.15, 0.2) is 57.1 Å². The lowest BCUT2D eigenvalue weighted by molar-refractivity contribution is 0.125. The summed E-state index contributed by atoms with van der Waals surface area (Å²) in [6, 6.07) is 12.3. The van der Waals surface area contributed by atoms with E-state index in [0.29, 0.717) is 31.1 Å². The maximum Gasteiger partial charge on any atom is 0.281 e. The Bertz CT molecular complexity index is 1330. The molecule has 7 nitrogen and oxygen atoms in total. The van der Waals surface area contributed by atoms with Crippen LogP contribution in [0.25, 0.3) is 5.69 Å². The van der Waals surface area contributed by atoms with Crippen molar-refractivity contribution in [2.75, 3.05) is 6.61 Å². The van der Waals surface area contributed by atoms with Crippen molar-refractivity contribution >= 4 is 9.84 Å². The summed E-state index contributed by atoms with van der Waals surface area (Å²) < 4.78 is 33.9. The lowest BCUT2D eigenvalue weighted by atomic mass is 10.0. The molecule has 1 aromatic heterocycles. The second-order valence-corrected chi connectivity index (χ2v) is 10.3. The van der Waals surface area contributed by atoms with Gasteiger partial charge < -0.3 is 9.84 Å². The Balaban J connectivity index is 1.97. The predicted octanol–water partition coefficient (Wildman–Crippen LogP) is 4.31. The first-order valence-corrected chi connectivity index (χ1v) is 13.2. The molecule has 1 aliphatic carbocycles. The van der Waals surface area contributed by atoms with Gasteiger partial charge in [0, 0.05) is 6.61 Å². The first kappa shape index (κ1) is 24.2. The Morgan fingerprint density at radius 2 is 1.65 bits per heavy atom. The topological polar surface area (TPSA) is 98.5 Å². The van der Waals surface area contributed by atoms with E-state index in [1.54, 1.807) is 12.1 Å². The summed E-state index contributed by atoms with van der Waals surface area (Å²) in [7, 11) is -4.32. The number of nitrogens with zero attached hydrogens (tertiary/aromatic N) is 2. The van der Waals surface area contributed by atoms with E-state index in [-0.39, 0.29) is 17.3 Å². The first-order valence-electron chi connectivity index (χ1n) is 11.7. The van der Waals surface area contributed by atoms with Crippen LogP contribution in [-0.2, 0) is 34.0 Å². The van der Waals surface area contributed by atoms with Gasteiger partial charge in [-0.15, -0.1) is 0 Å². The van der Waals surface area contributed by atoms with Gasteiger partial charge in [0.2, 0.25) is 15.7 Å². The number of para-hydroxylation sites is 1. The van der Waals surface area contributed by atoms with E-state index in [2.05, 4.69) is 4.98 Å². The zero-order valence-electron chi connectivity index (χ0n) is 19.7. The second kappa shape index (κ2) is 9.72. The summed E-state index contributed by atoms with van der Waals surface area (Å²) in [5.74, 6) is -0.183. The molecule has 34 heavy (non-hydrogen) atoms. The van der Waals surface area contributed by atoms with Gasteiger partial charge in [-0.05, 0) is 67.3 Å². The Morgan fingerprint density at radius 3 is 2.18 bits per heavy atom. The highest BCUT2D eigenvalue weighted by atomic mass is 32.2. The molecule has 8 heteroatoms. The number of benzene rings is 2. The lowest BCUT2D eigenvalue weighted by Crippen LogP contribution is -2.31. The van der Waals surface area contributed by atoms with Gasteiger partial charge in [0.05, 0.1) is 10.6 Å². The maximum atomic E-state index is 13.8. The molecule has 0 saturated heterocycles. The summed E-state index contributed by atoms with van der Waals surface area (Å²) in [6.07, 6.45) is 3.46. The molecule has 1 N–H and O–H groups in total. The van der Waals surface area contributed by atoms with Crippen LogP contribution in [0, 0.1) is 0 Å². The van der Waals surface area contributed by atoms with Crippen LogP contribution in [0.5, 0.6) is 5.88 Å². The Morgan fingerprint density at radius 1 is 1.03 bits per heavy atom. The van der Waals surface area contributed by atoms with E-state index in [9.17, 15) is 18.3 Å². The monoisotopic (exact) mass is 482 g/mol. The molecule has 0 radical (unpaired) electrons. The lowest BCUT2D eigenvalue weighted by Gasteiger charge is -2.20. The number of hydrogen-bond acceptors (Lipinski definition) is 6. The van der Waals surface area contributed by atoms with Crippen molar-refractivity contribution in [1.82, 2.24) is 9.55 Å². The van der Waals surface area contributed by atoms with Crippen molar-refractivity contribution in [3.63, 3.8) is 0 Å². The van der Waals surface area contributed by atoms with E-state index < -0.39 is 26.2 Å². The van der Waals surface area contributed by atoms with Gasteiger partial charge >= 0.3 is 0 Å². The standard InChI is InChI=1S/C26H30N2O5S/c1-4-17-8-7-9-18(5-2)23(17)28-22(16-33-6-3)27-25(29)24(26(28)30)34(31,32)21-14-12-20(13-15-21)19-10-11-19/h7-9,12-15,19,29H,4-6,10-11,16H2,1-3H3. The van der Waals surface area contributed by atoms with Gasteiger partial charge in [-0.25, -0.2) is 8.42 Å². The Hall–Kier alpha value is -2.97. The average Bonchev–Trinajstić information content (AvgIpc) is 3.68. The molecule has 1 aliphatic rings. The van der Waals surface area contributed by atoms with Gasteiger partial charge in [-0.2, -0.15) is 4.98 Å². The van der Waals surface area contributed by atoms with Crippen molar-refractivity contribution < 1.29 is 18.3 Å². The average molecular weight is 483 g/mol. The van der Waals surface area contributed by atoms with Crippen molar-refractivity contribution in [1.29, 1.82) is 0 Å². The van der Waals surface area contributed by atoms with Crippen LogP contribution in [0.2, 0.25) is 0 Å². The molecule has 3 aromatic rings. The molecular formula is C26H30N2O5S. The number of sulfone groups is 1. The summed E-state index contributed by atoms with van der Waals surface area (Å²) in [5.41, 5.74) is 2.60. The van der Waals surface area contributed by atoms with E-state index >= 15 is 0 Å². The highest BCUT2D eigenvalue weighted by Crippen LogP contribution is 2.40. The van der Waals surface area contributed by atoms with Gasteiger partial charge in [0.15, 0.2) is 4.90 Å². The predicted molar refractivity (Wildman–Crippen MR) is 129 cm³/mol. The van der Waals surface area contributed by atoms with Crippen LogP contribution in [0.4, 0.5) is 0 Å². The molecular weight excluding hydrogens is 452 g/mol. The van der Waals surface area contributed by atoms with Crippen LogP contribution in [0.3, 0.4) is 0 Å². The molecule has 180 valence electrons. The normalized spacial score (nSPS) is 13.9. The number of rotatable bonds is 9. The number of aromatic nitrogens is 2. The highest BCUT2D eigenvalue weighted by Gasteiger charge is 2.31. The molecule has 0 unspecified atom stereocenters. The Labute approximate surface area is 200 Å². The second-order valence-electron chi connectivity index (χ2n) is 8.44. The molecule has 1 fully saturated rings. The van der Waals surface area contributed by atoms with Crippen LogP contribution < -0.4 is 5.56 Å².